The van der Waals surface area contributed by atoms with Crippen LogP contribution in [-0.4, -0.2) is 44.7 Å². The Labute approximate surface area is 187 Å². The minimum atomic E-state index is -4.11. The SMILES string of the molecule is CCc1c(C)nc2cc([C@H]3CC[C@H](C(F)(F)F)CC3)nn2c1[C@]1(C)CCCN(C(C)=O)C1. The minimum absolute atomic E-state index is 0.0291. The molecule has 8 heteroatoms. The number of hydrogen-bond acceptors (Lipinski definition) is 3. The molecule has 2 aromatic heterocycles. The molecule has 0 aromatic carbocycles. The zero-order valence-electron chi connectivity index (χ0n) is 19.4. The van der Waals surface area contributed by atoms with E-state index in [9.17, 15) is 18.0 Å². The Morgan fingerprint density at radius 3 is 2.53 bits per heavy atom. The number of amides is 1. The molecule has 0 unspecified atom stereocenters. The molecular formula is C24H33F3N4O. The maximum absolute atomic E-state index is 13.1. The van der Waals surface area contributed by atoms with E-state index in [1.807, 2.05) is 22.4 Å². The lowest BCUT2D eigenvalue weighted by Gasteiger charge is -2.41. The van der Waals surface area contributed by atoms with Crippen LogP contribution in [0, 0.1) is 12.8 Å². The number of fused-ring (bicyclic) bond motifs is 1. The van der Waals surface area contributed by atoms with Crippen LogP contribution in [0.2, 0.25) is 0 Å². The molecule has 0 spiro atoms. The molecule has 0 bridgehead atoms. The summed E-state index contributed by atoms with van der Waals surface area (Å²) in [6, 6.07) is 1.96. The third-order valence-corrected chi connectivity index (χ3v) is 7.60. The second kappa shape index (κ2) is 8.34. The van der Waals surface area contributed by atoms with Gasteiger partial charge in [-0.05, 0) is 57.4 Å². The van der Waals surface area contributed by atoms with Crippen molar-refractivity contribution in [3.63, 3.8) is 0 Å². The highest BCUT2D eigenvalue weighted by molar-refractivity contribution is 5.73. The van der Waals surface area contributed by atoms with Crippen molar-refractivity contribution in [2.45, 2.75) is 90.1 Å². The Morgan fingerprint density at radius 2 is 1.94 bits per heavy atom. The molecule has 0 radical (unpaired) electrons. The normalized spacial score (nSPS) is 27.2. The van der Waals surface area contributed by atoms with Gasteiger partial charge in [-0.2, -0.15) is 18.3 Å². The van der Waals surface area contributed by atoms with Crippen molar-refractivity contribution >= 4 is 11.6 Å². The number of alkyl halides is 3. The fourth-order valence-electron chi connectivity index (χ4n) is 5.83. The van der Waals surface area contributed by atoms with E-state index in [0.29, 0.717) is 19.4 Å². The summed E-state index contributed by atoms with van der Waals surface area (Å²) < 4.78 is 41.2. The monoisotopic (exact) mass is 450 g/mol. The molecule has 5 nitrogen and oxygen atoms in total. The van der Waals surface area contributed by atoms with E-state index in [-0.39, 0.29) is 30.1 Å². The molecular weight excluding hydrogens is 417 g/mol. The number of carbonyl (C=O) groups is 1. The van der Waals surface area contributed by atoms with Crippen molar-refractivity contribution < 1.29 is 18.0 Å². The molecule has 4 rings (SSSR count). The minimum Gasteiger partial charge on any atom is -0.342 e. The van der Waals surface area contributed by atoms with Gasteiger partial charge in [0, 0.05) is 43.1 Å². The van der Waals surface area contributed by atoms with Crippen LogP contribution in [0.4, 0.5) is 13.2 Å². The lowest BCUT2D eigenvalue weighted by atomic mass is 9.76. The zero-order chi connectivity index (χ0) is 23.3. The van der Waals surface area contributed by atoms with Gasteiger partial charge in [0.2, 0.25) is 5.91 Å². The summed E-state index contributed by atoms with van der Waals surface area (Å²) in [6.45, 7) is 9.34. The van der Waals surface area contributed by atoms with Crippen molar-refractivity contribution in [1.82, 2.24) is 19.5 Å². The first-order chi connectivity index (χ1) is 15.0. The van der Waals surface area contributed by atoms with Crippen LogP contribution in [0.1, 0.15) is 87.9 Å². The van der Waals surface area contributed by atoms with E-state index in [1.54, 1.807) is 6.92 Å². The van der Waals surface area contributed by atoms with Crippen LogP contribution in [0.3, 0.4) is 0 Å². The highest BCUT2D eigenvalue weighted by Gasteiger charge is 2.42. The number of nitrogens with zero attached hydrogens (tertiary/aromatic N) is 4. The van der Waals surface area contributed by atoms with Gasteiger partial charge < -0.3 is 4.90 Å². The molecule has 3 heterocycles. The summed E-state index contributed by atoms with van der Waals surface area (Å²) in [6.07, 6.45) is -0.0993. The molecule has 176 valence electrons. The van der Waals surface area contributed by atoms with E-state index in [1.165, 1.54) is 0 Å². The second-order valence-corrected chi connectivity index (χ2v) is 9.91. The zero-order valence-corrected chi connectivity index (χ0v) is 19.4. The topological polar surface area (TPSA) is 50.5 Å². The van der Waals surface area contributed by atoms with Crippen LogP contribution >= 0.6 is 0 Å². The van der Waals surface area contributed by atoms with Crippen molar-refractivity contribution in [2.24, 2.45) is 5.92 Å². The average molecular weight is 451 g/mol. The third kappa shape index (κ3) is 4.13. The first-order valence-corrected chi connectivity index (χ1v) is 11.8. The molecule has 1 aliphatic carbocycles. The fourth-order valence-corrected chi connectivity index (χ4v) is 5.83. The number of aryl methyl sites for hydroxylation is 1. The number of halogens is 3. The van der Waals surface area contributed by atoms with Crippen LogP contribution in [0.5, 0.6) is 0 Å². The number of piperidine rings is 1. The smallest absolute Gasteiger partial charge is 0.342 e. The predicted molar refractivity (Wildman–Crippen MR) is 117 cm³/mol. The molecule has 1 amide bonds. The standard InChI is InChI=1S/C24H33F3N4O/c1-5-19-15(2)28-21-13-20(17-7-9-18(10-8-17)24(25,26)27)29-31(21)22(19)23(4)11-6-12-30(14-23)16(3)32/h13,17-18H,5-12,14H2,1-4H3/t17-,18-,23-/m1/s1. The second-order valence-electron chi connectivity index (χ2n) is 9.91. The van der Waals surface area contributed by atoms with Gasteiger partial charge in [-0.3, -0.25) is 4.79 Å². The van der Waals surface area contributed by atoms with E-state index in [0.717, 1.165) is 54.1 Å². The van der Waals surface area contributed by atoms with Gasteiger partial charge in [0.05, 0.1) is 17.3 Å². The quantitative estimate of drug-likeness (QED) is 0.635. The Hall–Kier alpha value is -2.12. The summed E-state index contributed by atoms with van der Waals surface area (Å²) in [4.78, 5) is 18.8. The Balaban J connectivity index is 1.73. The maximum atomic E-state index is 13.1. The van der Waals surface area contributed by atoms with Gasteiger partial charge in [-0.1, -0.05) is 13.8 Å². The maximum Gasteiger partial charge on any atom is 0.391 e. The Morgan fingerprint density at radius 1 is 1.25 bits per heavy atom. The molecule has 2 fully saturated rings. The molecule has 32 heavy (non-hydrogen) atoms. The molecule has 2 aromatic rings. The van der Waals surface area contributed by atoms with Crippen molar-refractivity contribution in [1.29, 1.82) is 0 Å². The van der Waals surface area contributed by atoms with Gasteiger partial charge in [-0.25, -0.2) is 9.50 Å². The first-order valence-electron chi connectivity index (χ1n) is 11.8. The molecule has 1 aliphatic heterocycles. The van der Waals surface area contributed by atoms with Gasteiger partial charge >= 0.3 is 6.18 Å². The van der Waals surface area contributed by atoms with Crippen LogP contribution in [-0.2, 0) is 16.6 Å². The summed E-state index contributed by atoms with van der Waals surface area (Å²) in [7, 11) is 0. The van der Waals surface area contributed by atoms with Gasteiger partial charge in [0.1, 0.15) is 0 Å². The van der Waals surface area contributed by atoms with E-state index < -0.39 is 12.1 Å². The highest BCUT2D eigenvalue weighted by Crippen LogP contribution is 2.43. The third-order valence-electron chi connectivity index (χ3n) is 7.60. The Bertz CT molecular complexity index is 1010. The lowest BCUT2D eigenvalue weighted by Crippen LogP contribution is -2.47. The van der Waals surface area contributed by atoms with Gasteiger partial charge in [0.15, 0.2) is 5.65 Å². The molecule has 1 saturated heterocycles. The summed E-state index contributed by atoms with van der Waals surface area (Å²) >= 11 is 0. The first kappa shape index (κ1) is 23.1. The Kier molecular flexibility index (Phi) is 6.01. The van der Waals surface area contributed by atoms with Crippen LogP contribution in [0.15, 0.2) is 6.07 Å². The number of likely N-dealkylation sites (tertiary alicyclic amines) is 1. The highest BCUT2D eigenvalue weighted by atomic mass is 19.4. The van der Waals surface area contributed by atoms with Crippen LogP contribution < -0.4 is 0 Å². The summed E-state index contributed by atoms with van der Waals surface area (Å²) in [5.41, 5.74) is 4.56. The molecule has 2 aliphatic rings. The van der Waals surface area contributed by atoms with Gasteiger partial charge in [0.25, 0.3) is 0 Å². The van der Waals surface area contributed by atoms with Crippen molar-refractivity contribution in [3.8, 4) is 0 Å². The fraction of sp³-hybridized carbons (Fsp3) is 0.708. The number of rotatable bonds is 3. The largest absolute Gasteiger partial charge is 0.391 e. The van der Waals surface area contributed by atoms with Crippen LogP contribution in [0.25, 0.3) is 5.65 Å². The van der Waals surface area contributed by atoms with E-state index in [4.69, 9.17) is 10.1 Å². The molecule has 0 N–H and O–H groups in total. The predicted octanol–water partition coefficient (Wildman–Crippen LogP) is 5.34. The van der Waals surface area contributed by atoms with E-state index >= 15 is 0 Å². The number of hydrogen-bond donors (Lipinski definition) is 0. The lowest BCUT2D eigenvalue weighted by molar-refractivity contribution is -0.182. The summed E-state index contributed by atoms with van der Waals surface area (Å²) in [5, 5.41) is 4.93. The number of aromatic nitrogens is 3. The van der Waals surface area contributed by atoms with Crippen molar-refractivity contribution in [3.05, 3.63) is 28.7 Å². The average Bonchev–Trinajstić information content (AvgIpc) is 3.15. The number of carbonyl (C=O) groups excluding carboxylic acids is 1. The van der Waals surface area contributed by atoms with Crippen molar-refractivity contribution in [2.75, 3.05) is 13.1 Å². The summed E-state index contributed by atoms with van der Waals surface area (Å²) in [5.74, 6) is -1.09. The van der Waals surface area contributed by atoms with Gasteiger partial charge in [-0.15, -0.1) is 0 Å². The molecule has 1 atom stereocenters. The van der Waals surface area contributed by atoms with E-state index in [2.05, 4.69) is 13.8 Å². The molecule has 1 saturated carbocycles.